The normalized spacial score (nSPS) is 24.3. The van der Waals surface area contributed by atoms with Crippen LogP contribution >= 0.6 is 0 Å². The van der Waals surface area contributed by atoms with Crippen molar-refractivity contribution in [2.45, 2.75) is 24.8 Å². The molecule has 3 aromatic rings. The number of nitrogens with zero attached hydrogens (tertiary/aromatic N) is 4. The Morgan fingerprint density at radius 3 is 2.96 bits per heavy atom. The van der Waals surface area contributed by atoms with Crippen LogP contribution in [0.5, 0.6) is 0 Å². The first-order chi connectivity index (χ1) is 12.0. The maximum Gasteiger partial charge on any atom is 0.260 e. The molecule has 8 heteroatoms. The Kier molecular flexibility index (Phi) is 2.84. The monoisotopic (exact) mass is 343 g/mol. The van der Waals surface area contributed by atoms with Gasteiger partial charge in [-0.2, -0.15) is 5.10 Å². The number of imidazole rings is 1. The van der Waals surface area contributed by atoms with E-state index in [1.807, 2.05) is 30.5 Å². The van der Waals surface area contributed by atoms with Gasteiger partial charge < -0.3 is 9.88 Å². The number of halogens is 2. The van der Waals surface area contributed by atoms with Crippen LogP contribution < -0.4 is 0 Å². The van der Waals surface area contributed by atoms with Crippen molar-refractivity contribution in [3.8, 4) is 0 Å². The first kappa shape index (κ1) is 14.6. The molecule has 2 aliphatic rings. The lowest BCUT2D eigenvalue weighted by Gasteiger charge is -2.34. The number of amides is 1. The van der Waals surface area contributed by atoms with Crippen molar-refractivity contribution in [1.82, 2.24) is 24.5 Å². The lowest BCUT2D eigenvalue weighted by Crippen LogP contribution is -2.42. The highest BCUT2D eigenvalue weighted by molar-refractivity contribution is 5.84. The average Bonchev–Trinajstić information content (AvgIpc) is 2.99. The summed E-state index contributed by atoms with van der Waals surface area (Å²) >= 11 is 0. The Hall–Kier alpha value is -2.77. The molecular formula is C17H15F2N5O. The summed E-state index contributed by atoms with van der Waals surface area (Å²) in [7, 11) is 0. The van der Waals surface area contributed by atoms with Gasteiger partial charge in [-0.15, -0.1) is 0 Å². The fourth-order valence-electron chi connectivity index (χ4n) is 3.59. The standard InChI is InChI=1S/C17H15F2N5O/c18-17(19)8-11(17)16(25)23-6-4-12-14(21-9-20-12)15(23)13-7-10-3-1-2-5-24(10)22-13/h1-3,5,7,9,11,15H,4,6,8H2,(H,20,21)/t11-,15?/m1/s1. The summed E-state index contributed by atoms with van der Waals surface area (Å²) in [6.07, 6.45) is 3.60. The first-order valence-corrected chi connectivity index (χ1v) is 8.19. The van der Waals surface area contributed by atoms with Crippen LogP contribution in [0.1, 0.15) is 29.5 Å². The van der Waals surface area contributed by atoms with Gasteiger partial charge in [-0.05, 0) is 18.2 Å². The summed E-state index contributed by atoms with van der Waals surface area (Å²) in [4.78, 5) is 21.6. The SMILES string of the molecule is O=C([C@H]1CC1(F)F)N1CCc2[nH]cnc2C1c1cc2ccccn2n1. The van der Waals surface area contributed by atoms with Crippen LogP contribution in [0.2, 0.25) is 0 Å². The summed E-state index contributed by atoms with van der Waals surface area (Å²) in [5.74, 6) is -4.61. The fraction of sp³-hybridized carbons (Fsp3) is 0.353. The minimum Gasteiger partial charge on any atom is -0.348 e. The second-order valence-corrected chi connectivity index (χ2v) is 6.61. The second kappa shape index (κ2) is 4.87. The number of pyridine rings is 1. The van der Waals surface area contributed by atoms with Crippen molar-refractivity contribution in [1.29, 1.82) is 0 Å². The van der Waals surface area contributed by atoms with Crippen LogP contribution in [-0.2, 0) is 11.2 Å². The van der Waals surface area contributed by atoms with E-state index in [4.69, 9.17) is 0 Å². The van der Waals surface area contributed by atoms with Gasteiger partial charge in [0, 0.05) is 31.3 Å². The van der Waals surface area contributed by atoms with E-state index in [1.54, 1.807) is 10.8 Å². The fourth-order valence-corrected chi connectivity index (χ4v) is 3.59. The van der Waals surface area contributed by atoms with Gasteiger partial charge in [0.1, 0.15) is 12.0 Å². The van der Waals surface area contributed by atoms with Crippen LogP contribution in [0.3, 0.4) is 0 Å². The molecule has 1 N–H and O–H groups in total. The summed E-state index contributed by atoms with van der Waals surface area (Å²) < 4.78 is 28.6. The van der Waals surface area contributed by atoms with Gasteiger partial charge in [0.2, 0.25) is 5.91 Å². The molecule has 128 valence electrons. The minimum atomic E-state index is -2.88. The zero-order valence-corrected chi connectivity index (χ0v) is 13.2. The number of aromatic nitrogens is 4. The molecule has 0 spiro atoms. The van der Waals surface area contributed by atoms with Crippen LogP contribution in [0, 0.1) is 5.92 Å². The van der Waals surface area contributed by atoms with Crippen molar-refractivity contribution < 1.29 is 13.6 Å². The molecule has 25 heavy (non-hydrogen) atoms. The molecule has 1 fully saturated rings. The Morgan fingerprint density at radius 1 is 1.36 bits per heavy atom. The number of rotatable bonds is 2. The van der Waals surface area contributed by atoms with Crippen molar-refractivity contribution in [2.24, 2.45) is 5.92 Å². The van der Waals surface area contributed by atoms with Crippen LogP contribution in [0.15, 0.2) is 36.8 Å². The number of hydrogen-bond donors (Lipinski definition) is 1. The van der Waals surface area contributed by atoms with Crippen LogP contribution in [0.4, 0.5) is 8.78 Å². The summed E-state index contributed by atoms with van der Waals surface area (Å²) in [5.41, 5.74) is 3.13. The zero-order valence-electron chi connectivity index (χ0n) is 13.2. The predicted octanol–water partition coefficient (Wildman–Crippen LogP) is 2.19. The van der Waals surface area contributed by atoms with Gasteiger partial charge in [-0.3, -0.25) is 4.79 Å². The van der Waals surface area contributed by atoms with Gasteiger partial charge in [-0.1, -0.05) is 6.07 Å². The molecule has 1 unspecified atom stereocenters. The number of nitrogens with one attached hydrogen (secondary N) is 1. The first-order valence-electron chi connectivity index (χ1n) is 8.19. The van der Waals surface area contributed by atoms with Gasteiger partial charge in [0.25, 0.3) is 5.92 Å². The highest BCUT2D eigenvalue weighted by Crippen LogP contribution is 2.51. The van der Waals surface area contributed by atoms with E-state index < -0.39 is 23.8 Å². The van der Waals surface area contributed by atoms with E-state index >= 15 is 0 Å². The maximum absolute atomic E-state index is 13.4. The van der Waals surface area contributed by atoms with Gasteiger partial charge in [0.05, 0.1) is 23.2 Å². The maximum atomic E-state index is 13.4. The molecule has 0 radical (unpaired) electrons. The lowest BCUT2D eigenvalue weighted by atomic mass is 9.99. The summed E-state index contributed by atoms with van der Waals surface area (Å²) in [6, 6.07) is 7.00. The predicted molar refractivity (Wildman–Crippen MR) is 84.1 cm³/mol. The van der Waals surface area contributed by atoms with Gasteiger partial charge in [-0.25, -0.2) is 18.3 Å². The third kappa shape index (κ3) is 2.16. The van der Waals surface area contributed by atoms with Crippen molar-refractivity contribution >= 4 is 11.4 Å². The van der Waals surface area contributed by atoms with Crippen LogP contribution in [0.25, 0.3) is 5.52 Å². The van der Waals surface area contributed by atoms with Gasteiger partial charge in [0.15, 0.2) is 0 Å². The highest BCUT2D eigenvalue weighted by Gasteiger charge is 2.63. The van der Waals surface area contributed by atoms with E-state index in [1.165, 1.54) is 4.90 Å². The van der Waals surface area contributed by atoms with E-state index in [0.717, 1.165) is 11.2 Å². The van der Waals surface area contributed by atoms with Crippen LogP contribution in [-0.4, -0.2) is 42.9 Å². The molecule has 1 amide bonds. The number of carbonyl (C=O) groups excluding carboxylic acids is 1. The molecule has 4 heterocycles. The molecule has 0 aromatic carbocycles. The number of carbonyl (C=O) groups is 1. The number of alkyl halides is 2. The molecule has 3 aromatic heterocycles. The van der Waals surface area contributed by atoms with Crippen molar-refractivity contribution in [3.63, 3.8) is 0 Å². The average molecular weight is 343 g/mol. The summed E-state index contributed by atoms with van der Waals surface area (Å²) in [6.45, 7) is 0.374. The zero-order chi connectivity index (χ0) is 17.2. The Morgan fingerprint density at radius 2 is 2.20 bits per heavy atom. The molecule has 1 saturated carbocycles. The summed E-state index contributed by atoms with van der Waals surface area (Å²) in [5, 5.41) is 4.54. The Bertz CT molecular complexity index is 945. The molecule has 1 aliphatic carbocycles. The van der Waals surface area contributed by atoms with E-state index in [0.29, 0.717) is 24.4 Å². The molecular weight excluding hydrogens is 328 g/mol. The molecule has 0 bridgehead atoms. The number of H-pyrrole nitrogens is 1. The van der Waals surface area contributed by atoms with E-state index in [-0.39, 0.29) is 6.42 Å². The van der Waals surface area contributed by atoms with E-state index in [9.17, 15) is 13.6 Å². The molecule has 0 saturated heterocycles. The van der Waals surface area contributed by atoms with Gasteiger partial charge >= 0.3 is 0 Å². The quantitative estimate of drug-likeness (QED) is 0.776. The smallest absolute Gasteiger partial charge is 0.260 e. The molecule has 5 rings (SSSR count). The lowest BCUT2D eigenvalue weighted by molar-refractivity contribution is -0.137. The number of fused-ring (bicyclic) bond motifs is 2. The number of hydrogen-bond acceptors (Lipinski definition) is 3. The minimum absolute atomic E-state index is 0.367. The largest absolute Gasteiger partial charge is 0.348 e. The Balaban J connectivity index is 1.60. The van der Waals surface area contributed by atoms with E-state index in [2.05, 4.69) is 15.1 Å². The molecule has 6 nitrogen and oxygen atoms in total. The molecule has 1 aliphatic heterocycles. The highest BCUT2D eigenvalue weighted by atomic mass is 19.3. The third-order valence-corrected chi connectivity index (χ3v) is 5.00. The topological polar surface area (TPSA) is 66.3 Å². The van der Waals surface area contributed by atoms with Crippen molar-refractivity contribution in [2.75, 3.05) is 6.54 Å². The third-order valence-electron chi connectivity index (χ3n) is 5.00. The molecule has 2 atom stereocenters. The Labute approximate surface area is 141 Å². The second-order valence-electron chi connectivity index (χ2n) is 6.61. The number of aromatic amines is 1. The van der Waals surface area contributed by atoms with Crippen molar-refractivity contribution in [3.05, 3.63) is 53.9 Å².